The van der Waals surface area contributed by atoms with Crippen molar-refractivity contribution in [2.75, 3.05) is 13.6 Å². The highest BCUT2D eigenvalue weighted by molar-refractivity contribution is 6.08. The lowest BCUT2D eigenvalue weighted by atomic mass is 9.87. The van der Waals surface area contributed by atoms with Crippen LogP contribution in [0.2, 0.25) is 0 Å². The molecule has 1 aliphatic carbocycles. The summed E-state index contributed by atoms with van der Waals surface area (Å²) in [6, 6.07) is 3.03. The molecular formula is C19H27N3O4. The number of hydrogen-bond donors (Lipinski definition) is 1. The number of imide groups is 1. The third-order valence-electron chi connectivity index (χ3n) is 5.73. The van der Waals surface area contributed by atoms with Crippen LogP contribution >= 0.6 is 0 Å². The molecule has 1 aromatic rings. The Morgan fingerprint density at radius 2 is 1.96 bits per heavy atom. The number of nitrogens with zero attached hydrogens (tertiary/aromatic N) is 2. The molecule has 1 aliphatic heterocycles. The minimum absolute atomic E-state index is 0.179. The molecule has 142 valence electrons. The first kappa shape index (κ1) is 18.5. The van der Waals surface area contributed by atoms with Crippen molar-refractivity contribution >= 4 is 17.8 Å². The van der Waals surface area contributed by atoms with Gasteiger partial charge in [0.25, 0.3) is 5.91 Å². The summed E-state index contributed by atoms with van der Waals surface area (Å²) in [5, 5.41) is 2.66. The Hall–Kier alpha value is -2.31. The van der Waals surface area contributed by atoms with E-state index in [1.807, 2.05) is 0 Å². The molecule has 2 aliphatic rings. The van der Waals surface area contributed by atoms with Gasteiger partial charge in [0.1, 0.15) is 18.1 Å². The van der Waals surface area contributed by atoms with E-state index >= 15 is 0 Å². The van der Waals surface area contributed by atoms with Gasteiger partial charge in [0.2, 0.25) is 5.91 Å². The van der Waals surface area contributed by atoms with E-state index in [1.54, 1.807) is 37.9 Å². The summed E-state index contributed by atoms with van der Waals surface area (Å²) in [5.74, 6) is 1.05. The van der Waals surface area contributed by atoms with Crippen molar-refractivity contribution < 1.29 is 18.8 Å². The van der Waals surface area contributed by atoms with Crippen molar-refractivity contribution in [1.29, 1.82) is 0 Å². The van der Waals surface area contributed by atoms with E-state index < -0.39 is 17.5 Å². The zero-order valence-electron chi connectivity index (χ0n) is 15.9. The summed E-state index contributed by atoms with van der Waals surface area (Å²) < 4.78 is 5.54. The Labute approximate surface area is 153 Å². The number of rotatable bonds is 4. The highest BCUT2D eigenvalue weighted by Crippen LogP contribution is 2.31. The summed E-state index contributed by atoms with van der Waals surface area (Å²) in [4.78, 5) is 40.5. The second-order valence-corrected chi connectivity index (χ2v) is 7.78. The van der Waals surface area contributed by atoms with Crippen LogP contribution in [0.4, 0.5) is 4.79 Å². The molecule has 2 heterocycles. The lowest BCUT2D eigenvalue weighted by Gasteiger charge is -2.34. The van der Waals surface area contributed by atoms with Crippen molar-refractivity contribution in [1.82, 2.24) is 15.1 Å². The number of carbonyl (C=O) groups is 3. The molecule has 1 atom stereocenters. The fourth-order valence-corrected chi connectivity index (χ4v) is 3.79. The fourth-order valence-electron chi connectivity index (χ4n) is 3.79. The van der Waals surface area contributed by atoms with Gasteiger partial charge in [0.05, 0.1) is 0 Å². The molecule has 7 heteroatoms. The standard InChI is InChI=1S/C19H27N3O4/c1-12-5-8-14(9-6-12)21(4)16(23)11-22-17(24)19(3,20-18(22)25)15-10-7-13(2)26-15/h7,10,12,14H,5-6,8-9,11H2,1-4H3,(H,20,25). The summed E-state index contributed by atoms with van der Waals surface area (Å²) in [6.45, 7) is 5.35. The number of hydrogen-bond acceptors (Lipinski definition) is 4. The minimum atomic E-state index is -1.27. The third kappa shape index (κ3) is 3.22. The first-order valence-corrected chi connectivity index (χ1v) is 9.19. The van der Waals surface area contributed by atoms with E-state index in [9.17, 15) is 14.4 Å². The molecule has 4 amide bonds. The third-order valence-corrected chi connectivity index (χ3v) is 5.73. The van der Waals surface area contributed by atoms with Gasteiger partial charge >= 0.3 is 6.03 Å². The molecule has 1 aromatic heterocycles. The maximum absolute atomic E-state index is 12.8. The van der Waals surface area contributed by atoms with Crippen molar-refractivity contribution in [2.45, 2.75) is 58.0 Å². The zero-order valence-corrected chi connectivity index (χ0v) is 15.9. The maximum atomic E-state index is 12.8. The molecule has 0 bridgehead atoms. The molecule has 1 unspecified atom stereocenters. The molecule has 1 saturated heterocycles. The normalized spacial score (nSPS) is 29.0. The van der Waals surface area contributed by atoms with Crippen molar-refractivity contribution in [3.05, 3.63) is 23.7 Å². The highest BCUT2D eigenvalue weighted by Gasteiger charge is 2.51. The SMILES string of the molecule is Cc1ccc(C2(C)NC(=O)N(CC(=O)N(C)C3CCC(C)CC3)C2=O)o1. The average molecular weight is 361 g/mol. The number of aryl methyl sites for hydroxylation is 1. The number of furan rings is 1. The smallest absolute Gasteiger partial charge is 0.325 e. The molecule has 1 N–H and O–H groups in total. The van der Waals surface area contributed by atoms with Gasteiger partial charge in [-0.3, -0.25) is 14.5 Å². The van der Waals surface area contributed by atoms with E-state index in [-0.39, 0.29) is 18.5 Å². The lowest BCUT2D eigenvalue weighted by molar-refractivity contribution is -0.140. The molecule has 7 nitrogen and oxygen atoms in total. The van der Waals surface area contributed by atoms with Gasteiger partial charge in [0, 0.05) is 13.1 Å². The predicted molar refractivity (Wildman–Crippen MR) is 95.2 cm³/mol. The summed E-state index contributed by atoms with van der Waals surface area (Å²) in [7, 11) is 1.76. The molecule has 0 spiro atoms. The minimum Gasteiger partial charge on any atom is -0.463 e. The molecule has 0 radical (unpaired) electrons. The lowest BCUT2D eigenvalue weighted by Crippen LogP contribution is -2.47. The van der Waals surface area contributed by atoms with E-state index in [0.29, 0.717) is 17.4 Å². The van der Waals surface area contributed by atoms with Gasteiger partial charge in [-0.15, -0.1) is 0 Å². The maximum Gasteiger partial charge on any atom is 0.325 e. The largest absolute Gasteiger partial charge is 0.463 e. The fraction of sp³-hybridized carbons (Fsp3) is 0.632. The molecule has 2 fully saturated rings. The Morgan fingerprint density at radius 1 is 1.31 bits per heavy atom. The Kier molecular flexibility index (Phi) is 4.82. The van der Waals surface area contributed by atoms with E-state index in [4.69, 9.17) is 4.42 Å². The van der Waals surface area contributed by atoms with Crippen LogP contribution in [0.5, 0.6) is 0 Å². The number of carbonyl (C=O) groups excluding carboxylic acids is 3. The monoisotopic (exact) mass is 361 g/mol. The van der Waals surface area contributed by atoms with E-state index in [1.165, 1.54) is 0 Å². The van der Waals surface area contributed by atoms with Crippen LogP contribution in [0.1, 0.15) is 51.1 Å². The molecule has 0 aromatic carbocycles. The topological polar surface area (TPSA) is 82.9 Å². The van der Waals surface area contributed by atoms with Crippen LogP contribution in [-0.4, -0.2) is 47.3 Å². The van der Waals surface area contributed by atoms with Gasteiger partial charge in [-0.2, -0.15) is 0 Å². The Bertz CT molecular complexity index is 720. The van der Waals surface area contributed by atoms with Crippen molar-refractivity contribution in [3.8, 4) is 0 Å². The Balaban J connectivity index is 1.68. The summed E-state index contributed by atoms with van der Waals surface area (Å²) >= 11 is 0. The van der Waals surface area contributed by atoms with Gasteiger partial charge in [0.15, 0.2) is 5.54 Å². The number of amides is 4. The highest BCUT2D eigenvalue weighted by atomic mass is 16.3. The Morgan fingerprint density at radius 3 is 2.54 bits per heavy atom. The number of urea groups is 1. The molecule has 1 saturated carbocycles. The first-order chi connectivity index (χ1) is 12.2. The molecular weight excluding hydrogens is 334 g/mol. The molecule has 26 heavy (non-hydrogen) atoms. The second-order valence-electron chi connectivity index (χ2n) is 7.78. The van der Waals surface area contributed by atoms with Gasteiger partial charge in [-0.05, 0) is 57.6 Å². The predicted octanol–water partition coefficient (Wildman–Crippen LogP) is 2.39. The van der Waals surface area contributed by atoms with Crippen LogP contribution in [0.15, 0.2) is 16.5 Å². The second kappa shape index (κ2) is 6.78. The van der Waals surface area contributed by atoms with Crippen LogP contribution in [-0.2, 0) is 15.1 Å². The van der Waals surface area contributed by atoms with Crippen molar-refractivity contribution in [2.24, 2.45) is 5.92 Å². The van der Waals surface area contributed by atoms with E-state index in [2.05, 4.69) is 12.2 Å². The van der Waals surface area contributed by atoms with Gasteiger partial charge < -0.3 is 14.6 Å². The number of likely N-dealkylation sites (N-methyl/N-ethyl adjacent to an activating group) is 1. The molecule has 3 rings (SSSR count). The van der Waals surface area contributed by atoms with Crippen LogP contribution in [0, 0.1) is 12.8 Å². The van der Waals surface area contributed by atoms with Gasteiger partial charge in [-0.25, -0.2) is 4.79 Å². The quantitative estimate of drug-likeness (QED) is 0.835. The first-order valence-electron chi connectivity index (χ1n) is 9.19. The van der Waals surface area contributed by atoms with Crippen molar-refractivity contribution in [3.63, 3.8) is 0 Å². The number of nitrogens with one attached hydrogen (secondary N) is 1. The van der Waals surface area contributed by atoms with Crippen LogP contribution < -0.4 is 5.32 Å². The van der Waals surface area contributed by atoms with Crippen LogP contribution in [0.25, 0.3) is 0 Å². The van der Waals surface area contributed by atoms with Gasteiger partial charge in [-0.1, -0.05) is 6.92 Å². The summed E-state index contributed by atoms with van der Waals surface area (Å²) in [5.41, 5.74) is -1.27. The average Bonchev–Trinajstić information content (AvgIpc) is 3.13. The van der Waals surface area contributed by atoms with Crippen LogP contribution in [0.3, 0.4) is 0 Å². The zero-order chi connectivity index (χ0) is 19.1. The van der Waals surface area contributed by atoms with E-state index in [0.717, 1.165) is 30.6 Å². The summed E-state index contributed by atoms with van der Waals surface area (Å²) in [6.07, 6.45) is 4.13.